The average molecular weight is 326 g/mol. The first-order chi connectivity index (χ1) is 10.1. The maximum absolute atomic E-state index is 12.3. The quantitative estimate of drug-likeness (QED) is 0.863. The van der Waals surface area contributed by atoms with E-state index in [1.54, 1.807) is 11.9 Å². The number of halogens is 1. The largest absolute Gasteiger partial charge is 0.340 e. The number of likely N-dealkylation sites (tertiary alicyclic amines) is 1. The number of carbonyl (C=O) groups is 2. The Morgan fingerprint density at radius 3 is 2.82 bits per heavy atom. The van der Waals surface area contributed by atoms with Gasteiger partial charge in [0.1, 0.15) is 0 Å². The van der Waals surface area contributed by atoms with Crippen molar-refractivity contribution >= 4 is 24.2 Å². The molecule has 0 spiro atoms. The average Bonchev–Trinajstić information content (AvgIpc) is 2.89. The summed E-state index contributed by atoms with van der Waals surface area (Å²) in [5.41, 5.74) is 1.69. The number of hydrogen-bond donors (Lipinski definition) is 1. The van der Waals surface area contributed by atoms with Crippen molar-refractivity contribution in [1.29, 1.82) is 0 Å². The van der Waals surface area contributed by atoms with Crippen LogP contribution in [0.3, 0.4) is 0 Å². The van der Waals surface area contributed by atoms with E-state index >= 15 is 0 Å². The standard InChI is InChI=1S/C16H23N3O2.ClH/c1-17-8-10-18(2)16(21)14-6-3-5-13(11-14)12-19-9-4-7-15(19)20;/h3,5-6,11,17H,4,7-10,12H2,1-2H3;1H. The van der Waals surface area contributed by atoms with Crippen LogP contribution in [0.15, 0.2) is 24.3 Å². The van der Waals surface area contributed by atoms with Crippen LogP contribution in [0.4, 0.5) is 0 Å². The van der Waals surface area contributed by atoms with Gasteiger partial charge in [-0.25, -0.2) is 0 Å². The molecule has 1 aliphatic heterocycles. The molecule has 1 aromatic carbocycles. The molecule has 1 fully saturated rings. The topological polar surface area (TPSA) is 52.7 Å². The van der Waals surface area contributed by atoms with Gasteiger partial charge in [0.15, 0.2) is 0 Å². The Kier molecular flexibility index (Phi) is 7.35. The van der Waals surface area contributed by atoms with Crippen molar-refractivity contribution < 1.29 is 9.59 Å². The van der Waals surface area contributed by atoms with Crippen LogP contribution in [0.2, 0.25) is 0 Å². The van der Waals surface area contributed by atoms with E-state index in [1.165, 1.54) is 0 Å². The van der Waals surface area contributed by atoms with Gasteiger partial charge in [-0.1, -0.05) is 12.1 Å². The third kappa shape index (κ3) is 4.71. The first-order valence-electron chi connectivity index (χ1n) is 7.38. The monoisotopic (exact) mass is 325 g/mol. The molecule has 0 saturated carbocycles. The maximum atomic E-state index is 12.3. The lowest BCUT2D eigenvalue weighted by Crippen LogP contribution is -2.32. The first-order valence-corrected chi connectivity index (χ1v) is 7.38. The van der Waals surface area contributed by atoms with Crippen LogP contribution in [0.5, 0.6) is 0 Å². The minimum Gasteiger partial charge on any atom is -0.340 e. The summed E-state index contributed by atoms with van der Waals surface area (Å²) in [4.78, 5) is 27.6. The summed E-state index contributed by atoms with van der Waals surface area (Å²) in [6, 6.07) is 7.57. The zero-order chi connectivity index (χ0) is 15.2. The molecule has 0 aliphatic carbocycles. The fraction of sp³-hybridized carbons (Fsp3) is 0.500. The molecule has 0 unspecified atom stereocenters. The summed E-state index contributed by atoms with van der Waals surface area (Å²) in [6.07, 6.45) is 1.58. The molecule has 0 radical (unpaired) electrons. The second-order valence-corrected chi connectivity index (χ2v) is 5.45. The normalized spacial score (nSPS) is 13.9. The molecule has 0 aromatic heterocycles. The molecule has 0 atom stereocenters. The van der Waals surface area contributed by atoms with Gasteiger partial charge in [-0.15, -0.1) is 12.4 Å². The summed E-state index contributed by atoms with van der Waals surface area (Å²) in [6.45, 7) is 2.85. The molecular weight excluding hydrogens is 302 g/mol. The highest BCUT2D eigenvalue weighted by atomic mass is 35.5. The van der Waals surface area contributed by atoms with Crippen LogP contribution >= 0.6 is 12.4 Å². The molecule has 1 N–H and O–H groups in total. The Bertz CT molecular complexity index is 522. The lowest BCUT2D eigenvalue weighted by Gasteiger charge is -2.19. The van der Waals surface area contributed by atoms with Crippen LogP contribution in [0.1, 0.15) is 28.8 Å². The van der Waals surface area contributed by atoms with Gasteiger partial charge in [0.2, 0.25) is 5.91 Å². The molecule has 5 nitrogen and oxygen atoms in total. The Morgan fingerprint density at radius 2 is 2.18 bits per heavy atom. The van der Waals surface area contributed by atoms with Crippen molar-refractivity contribution in [3.8, 4) is 0 Å². The van der Waals surface area contributed by atoms with E-state index in [0.29, 0.717) is 25.1 Å². The van der Waals surface area contributed by atoms with Crippen LogP contribution in [0.25, 0.3) is 0 Å². The lowest BCUT2D eigenvalue weighted by molar-refractivity contribution is -0.128. The third-order valence-electron chi connectivity index (χ3n) is 3.76. The number of rotatable bonds is 6. The molecule has 6 heteroatoms. The van der Waals surface area contributed by atoms with E-state index in [2.05, 4.69) is 5.32 Å². The van der Waals surface area contributed by atoms with Gasteiger partial charge >= 0.3 is 0 Å². The van der Waals surface area contributed by atoms with E-state index in [9.17, 15) is 9.59 Å². The van der Waals surface area contributed by atoms with E-state index < -0.39 is 0 Å². The van der Waals surface area contributed by atoms with E-state index in [1.807, 2.05) is 36.2 Å². The summed E-state index contributed by atoms with van der Waals surface area (Å²) in [5, 5.41) is 3.03. The SMILES string of the molecule is CNCCN(C)C(=O)c1cccc(CN2CCCC2=O)c1.Cl. The van der Waals surface area contributed by atoms with E-state index in [0.717, 1.165) is 25.1 Å². The number of carbonyl (C=O) groups excluding carboxylic acids is 2. The second-order valence-electron chi connectivity index (χ2n) is 5.45. The highest BCUT2D eigenvalue weighted by Crippen LogP contribution is 2.15. The van der Waals surface area contributed by atoms with Crippen molar-refractivity contribution in [2.75, 3.05) is 33.7 Å². The smallest absolute Gasteiger partial charge is 0.253 e. The molecular formula is C16H24ClN3O2. The molecule has 1 aliphatic rings. The molecule has 2 amide bonds. The maximum Gasteiger partial charge on any atom is 0.253 e. The highest BCUT2D eigenvalue weighted by molar-refractivity contribution is 5.94. The number of benzene rings is 1. The number of nitrogens with one attached hydrogen (secondary N) is 1. The van der Waals surface area contributed by atoms with Crippen molar-refractivity contribution in [1.82, 2.24) is 15.1 Å². The van der Waals surface area contributed by atoms with Gasteiger partial charge in [-0.2, -0.15) is 0 Å². The van der Waals surface area contributed by atoms with Gasteiger partial charge in [0.25, 0.3) is 5.91 Å². The zero-order valence-electron chi connectivity index (χ0n) is 13.2. The second kappa shape index (κ2) is 8.76. The number of nitrogens with zero attached hydrogens (tertiary/aromatic N) is 2. The molecule has 1 heterocycles. The van der Waals surface area contributed by atoms with Crippen molar-refractivity contribution in [3.05, 3.63) is 35.4 Å². The molecule has 22 heavy (non-hydrogen) atoms. The van der Waals surface area contributed by atoms with E-state index in [4.69, 9.17) is 0 Å². The molecule has 1 saturated heterocycles. The van der Waals surface area contributed by atoms with Gasteiger partial charge < -0.3 is 15.1 Å². The summed E-state index contributed by atoms with van der Waals surface area (Å²) in [5.74, 6) is 0.220. The Balaban J connectivity index is 0.00000242. The molecule has 0 bridgehead atoms. The molecule has 122 valence electrons. The van der Waals surface area contributed by atoms with Gasteiger partial charge in [-0.3, -0.25) is 9.59 Å². The predicted octanol–water partition coefficient (Wildman–Crippen LogP) is 1.52. The highest BCUT2D eigenvalue weighted by Gasteiger charge is 2.20. The van der Waals surface area contributed by atoms with Crippen molar-refractivity contribution in [2.45, 2.75) is 19.4 Å². The van der Waals surface area contributed by atoms with Gasteiger partial charge in [0.05, 0.1) is 0 Å². The van der Waals surface area contributed by atoms with Crippen LogP contribution in [0, 0.1) is 0 Å². The molecule has 2 rings (SSSR count). The van der Waals surface area contributed by atoms with Crippen LogP contribution in [-0.4, -0.2) is 55.3 Å². The van der Waals surface area contributed by atoms with Crippen LogP contribution in [-0.2, 0) is 11.3 Å². The van der Waals surface area contributed by atoms with Gasteiger partial charge in [0, 0.05) is 45.2 Å². The fourth-order valence-electron chi connectivity index (χ4n) is 2.50. The summed E-state index contributed by atoms with van der Waals surface area (Å²) >= 11 is 0. The van der Waals surface area contributed by atoms with Crippen LogP contribution < -0.4 is 5.32 Å². The lowest BCUT2D eigenvalue weighted by atomic mass is 10.1. The number of likely N-dealkylation sites (N-methyl/N-ethyl adjacent to an activating group) is 2. The minimum atomic E-state index is 0. The van der Waals surface area contributed by atoms with Crippen molar-refractivity contribution in [2.24, 2.45) is 0 Å². The number of amides is 2. The Labute approximate surface area is 138 Å². The summed E-state index contributed by atoms with van der Waals surface area (Å²) in [7, 11) is 3.67. The van der Waals surface area contributed by atoms with E-state index in [-0.39, 0.29) is 24.2 Å². The minimum absolute atomic E-state index is 0. The summed E-state index contributed by atoms with van der Waals surface area (Å²) < 4.78 is 0. The first kappa shape index (κ1) is 18.5. The van der Waals surface area contributed by atoms with Crippen molar-refractivity contribution in [3.63, 3.8) is 0 Å². The van der Waals surface area contributed by atoms with Gasteiger partial charge in [-0.05, 0) is 31.2 Å². The fourth-order valence-corrected chi connectivity index (χ4v) is 2.50. The Hall–Kier alpha value is -1.59. The third-order valence-corrected chi connectivity index (χ3v) is 3.76. The predicted molar refractivity (Wildman–Crippen MR) is 89.2 cm³/mol. The molecule has 1 aromatic rings. The zero-order valence-corrected chi connectivity index (χ0v) is 14.0. The number of hydrogen-bond acceptors (Lipinski definition) is 3. The Morgan fingerprint density at radius 1 is 1.41 bits per heavy atom.